The van der Waals surface area contributed by atoms with E-state index in [9.17, 15) is 4.79 Å². The highest BCUT2D eigenvalue weighted by Gasteiger charge is 2.17. The quantitative estimate of drug-likeness (QED) is 0.765. The Morgan fingerprint density at radius 1 is 1.57 bits per heavy atom. The molecule has 4 heteroatoms. The topological polar surface area (TPSA) is 51.5 Å². The number of nitrogens with one attached hydrogen (secondary N) is 1. The van der Waals surface area contributed by atoms with Gasteiger partial charge in [0.2, 0.25) is 0 Å². The minimum absolute atomic E-state index is 0.355. The predicted molar refractivity (Wildman–Crippen MR) is 51.6 cm³/mol. The van der Waals surface area contributed by atoms with E-state index in [1.54, 1.807) is 13.0 Å². The number of hydrogen-bond acceptors (Lipinski definition) is 4. The van der Waals surface area contributed by atoms with Crippen LogP contribution < -0.4 is 15.7 Å². The summed E-state index contributed by atoms with van der Waals surface area (Å²) in [5.74, 6) is 1.76. The molecular weight excluding hydrogens is 182 g/mol. The van der Waals surface area contributed by atoms with Crippen LogP contribution in [0, 0.1) is 12.8 Å². The molecule has 4 nitrogen and oxygen atoms in total. The highest BCUT2D eigenvalue weighted by atomic mass is 16.5. The maximum atomic E-state index is 11.0. The van der Waals surface area contributed by atoms with E-state index in [0.717, 1.165) is 13.1 Å². The molecule has 0 amide bonds. The van der Waals surface area contributed by atoms with Gasteiger partial charge in [-0.25, -0.2) is 4.79 Å². The molecule has 1 aromatic rings. The van der Waals surface area contributed by atoms with Gasteiger partial charge in [-0.3, -0.25) is 0 Å². The van der Waals surface area contributed by atoms with Crippen LogP contribution in [0.2, 0.25) is 0 Å². The van der Waals surface area contributed by atoms with Gasteiger partial charge in [-0.1, -0.05) is 0 Å². The summed E-state index contributed by atoms with van der Waals surface area (Å²) in [5.41, 5.74) is -0.355. The lowest BCUT2D eigenvalue weighted by Crippen LogP contribution is -2.45. The number of aryl methyl sites for hydroxylation is 1. The first-order valence-corrected chi connectivity index (χ1v) is 4.69. The van der Waals surface area contributed by atoms with Crippen molar-refractivity contribution in [1.82, 2.24) is 5.32 Å². The molecule has 1 aromatic heterocycles. The Bertz CT molecular complexity index is 368. The lowest BCUT2D eigenvalue weighted by molar-refractivity contribution is 0.197. The van der Waals surface area contributed by atoms with Crippen LogP contribution >= 0.6 is 0 Å². The Labute approximate surface area is 81.9 Å². The summed E-state index contributed by atoms with van der Waals surface area (Å²) in [6.45, 7) is 4.40. The normalized spacial score (nSPS) is 16.4. The standard InChI is InChI=1S/C10H13NO3/c1-7-2-9(3-10(12)14-7)13-6-8-4-11-5-8/h2-3,8,11H,4-6H2,1H3. The SMILES string of the molecule is Cc1cc(OCC2CNC2)cc(=O)o1. The van der Waals surface area contributed by atoms with Crippen LogP contribution in [0.4, 0.5) is 0 Å². The van der Waals surface area contributed by atoms with Crippen LogP contribution in [0.1, 0.15) is 5.76 Å². The van der Waals surface area contributed by atoms with Crippen molar-refractivity contribution in [2.24, 2.45) is 5.92 Å². The first kappa shape index (κ1) is 9.27. The molecule has 0 radical (unpaired) electrons. The summed E-state index contributed by atoms with van der Waals surface area (Å²) in [6, 6.07) is 3.10. The smallest absolute Gasteiger partial charge is 0.339 e. The maximum absolute atomic E-state index is 11.0. The summed E-state index contributed by atoms with van der Waals surface area (Å²) in [4.78, 5) is 11.0. The zero-order chi connectivity index (χ0) is 9.97. The Morgan fingerprint density at radius 3 is 2.93 bits per heavy atom. The molecule has 1 aliphatic heterocycles. The highest BCUT2D eigenvalue weighted by Crippen LogP contribution is 2.12. The number of hydrogen-bond donors (Lipinski definition) is 1. The summed E-state index contributed by atoms with van der Waals surface area (Å²) in [5, 5.41) is 3.16. The van der Waals surface area contributed by atoms with Gasteiger partial charge in [0.15, 0.2) is 0 Å². The van der Waals surface area contributed by atoms with E-state index in [2.05, 4.69) is 5.32 Å². The second-order valence-electron chi connectivity index (χ2n) is 3.56. The third kappa shape index (κ3) is 2.14. The van der Waals surface area contributed by atoms with Crippen LogP contribution in [0.3, 0.4) is 0 Å². The van der Waals surface area contributed by atoms with Gasteiger partial charge in [0.1, 0.15) is 11.5 Å². The Kier molecular flexibility index (Phi) is 2.54. The van der Waals surface area contributed by atoms with E-state index in [1.165, 1.54) is 6.07 Å². The van der Waals surface area contributed by atoms with Crippen LogP contribution in [-0.4, -0.2) is 19.7 Å². The molecule has 76 valence electrons. The second kappa shape index (κ2) is 3.84. The zero-order valence-corrected chi connectivity index (χ0v) is 8.08. The number of rotatable bonds is 3. The summed E-state index contributed by atoms with van der Waals surface area (Å²) in [6.07, 6.45) is 0. The van der Waals surface area contributed by atoms with Crippen molar-refractivity contribution in [1.29, 1.82) is 0 Å². The first-order valence-electron chi connectivity index (χ1n) is 4.69. The molecule has 0 aromatic carbocycles. The molecule has 1 aliphatic rings. The van der Waals surface area contributed by atoms with Crippen molar-refractivity contribution in [2.75, 3.05) is 19.7 Å². The Balaban J connectivity index is 1.97. The van der Waals surface area contributed by atoms with Crippen molar-refractivity contribution in [3.63, 3.8) is 0 Å². The van der Waals surface area contributed by atoms with Gasteiger partial charge >= 0.3 is 5.63 Å². The van der Waals surface area contributed by atoms with Gasteiger partial charge in [0.05, 0.1) is 12.7 Å². The molecule has 0 spiro atoms. The van der Waals surface area contributed by atoms with Gasteiger partial charge in [-0.15, -0.1) is 0 Å². The predicted octanol–water partition coefficient (Wildman–Crippen LogP) is 0.546. The zero-order valence-electron chi connectivity index (χ0n) is 8.08. The van der Waals surface area contributed by atoms with Crippen molar-refractivity contribution in [3.05, 3.63) is 28.3 Å². The fourth-order valence-corrected chi connectivity index (χ4v) is 1.34. The minimum atomic E-state index is -0.355. The molecule has 0 bridgehead atoms. The van der Waals surface area contributed by atoms with E-state index in [-0.39, 0.29) is 5.63 Å². The molecule has 2 heterocycles. The van der Waals surface area contributed by atoms with Gasteiger partial charge in [-0.2, -0.15) is 0 Å². The van der Waals surface area contributed by atoms with Gasteiger partial charge < -0.3 is 14.5 Å². The number of ether oxygens (including phenoxy) is 1. The monoisotopic (exact) mass is 195 g/mol. The first-order chi connectivity index (χ1) is 6.74. The fraction of sp³-hybridized carbons (Fsp3) is 0.500. The molecule has 1 N–H and O–H groups in total. The molecule has 0 unspecified atom stereocenters. The third-order valence-corrected chi connectivity index (χ3v) is 2.22. The lowest BCUT2D eigenvalue weighted by Gasteiger charge is -2.26. The van der Waals surface area contributed by atoms with Gasteiger partial charge in [0, 0.05) is 25.1 Å². The van der Waals surface area contributed by atoms with E-state index in [4.69, 9.17) is 9.15 Å². The van der Waals surface area contributed by atoms with Crippen molar-refractivity contribution in [2.45, 2.75) is 6.92 Å². The van der Waals surface area contributed by atoms with Crippen LogP contribution in [0.5, 0.6) is 5.75 Å². The molecule has 0 saturated carbocycles. The molecule has 1 fully saturated rings. The molecule has 0 atom stereocenters. The Morgan fingerprint density at radius 2 is 2.36 bits per heavy atom. The summed E-state index contributed by atoms with van der Waals surface area (Å²) in [7, 11) is 0. The second-order valence-corrected chi connectivity index (χ2v) is 3.56. The van der Waals surface area contributed by atoms with E-state index in [1.807, 2.05) is 0 Å². The van der Waals surface area contributed by atoms with E-state index in [0.29, 0.717) is 24.0 Å². The molecule has 14 heavy (non-hydrogen) atoms. The maximum Gasteiger partial charge on any atom is 0.339 e. The summed E-state index contributed by atoms with van der Waals surface area (Å²) < 4.78 is 10.3. The highest BCUT2D eigenvalue weighted by molar-refractivity contribution is 5.19. The van der Waals surface area contributed by atoms with Gasteiger partial charge in [0.25, 0.3) is 0 Å². The van der Waals surface area contributed by atoms with Gasteiger partial charge in [-0.05, 0) is 6.92 Å². The average molecular weight is 195 g/mol. The third-order valence-electron chi connectivity index (χ3n) is 2.22. The van der Waals surface area contributed by atoms with Crippen LogP contribution in [-0.2, 0) is 0 Å². The van der Waals surface area contributed by atoms with E-state index < -0.39 is 0 Å². The average Bonchev–Trinajstić information content (AvgIpc) is 1.99. The van der Waals surface area contributed by atoms with Crippen LogP contribution in [0.15, 0.2) is 21.3 Å². The fourth-order valence-electron chi connectivity index (χ4n) is 1.34. The van der Waals surface area contributed by atoms with Crippen molar-refractivity contribution in [3.8, 4) is 5.75 Å². The minimum Gasteiger partial charge on any atom is -0.493 e. The van der Waals surface area contributed by atoms with Crippen molar-refractivity contribution >= 4 is 0 Å². The van der Waals surface area contributed by atoms with Crippen LogP contribution in [0.25, 0.3) is 0 Å². The van der Waals surface area contributed by atoms with Crippen molar-refractivity contribution < 1.29 is 9.15 Å². The molecule has 0 aliphatic carbocycles. The largest absolute Gasteiger partial charge is 0.493 e. The summed E-state index contributed by atoms with van der Waals surface area (Å²) >= 11 is 0. The molecule has 1 saturated heterocycles. The lowest BCUT2D eigenvalue weighted by atomic mass is 10.1. The molecular formula is C10H13NO3. The molecule has 2 rings (SSSR count). The van der Waals surface area contributed by atoms with E-state index >= 15 is 0 Å². The Hall–Kier alpha value is -1.29.